The molecule has 7 heteroatoms. The lowest BCUT2D eigenvalue weighted by molar-refractivity contribution is -0.221. The number of methoxy groups -OCH3 is 3. The third-order valence-electron chi connectivity index (χ3n) is 4.16. The molecule has 126 valence electrons. The average molecular weight is 343 g/mol. The number of esters is 2. The van der Waals surface area contributed by atoms with Crippen molar-refractivity contribution in [2.75, 3.05) is 21.3 Å². The van der Waals surface area contributed by atoms with Crippen LogP contribution >= 0.6 is 11.6 Å². The second-order valence-electron chi connectivity index (χ2n) is 5.38. The van der Waals surface area contributed by atoms with Gasteiger partial charge in [0.25, 0.3) is 0 Å². The Bertz CT molecular complexity index is 587. The van der Waals surface area contributed by atoms with Crippen LogP contribution in [0.1, 0.15) is 18.6 Å². The molecular formula is C16H19ClO6. The summed E-state index contributed by atoms with van der Waals surface area (Å²) in [5, 5.41) is 0.571. The molecule has 1 heterocycles. The molecule has 1 aromatic carbocycles. The minimum absolute atomic E-state index is 0.571. The number of benzene rings is 1. The Labute approximate surface area is 139 Å². The lowest BCUT2D eigenvalue weighted by Gasteiger charge is -2.34. The summed E-state index contributed by atoms with van der Waals surface area (Å²) in [6.07, 6.45) is -0.618. The molecule has 0 amide bonds. The highest BCUT2D eigenvalue weighted by atomic mass is 35.5. The van der Waals surface area contributed by atoms with Crippen molar-refractivity contribution in [1.29, 1.82) is 0 Å². The molecule has 0 aromatic heterocycles. The van der Waals surface area contributed by atoms with Crippen molar-refractivity contribution in [2.45, 2.75) is 18.8 Å². The Morgan fingerprint density at radius 2 is 1.87 bits per heavy atom. The van der Waals surface area contributed by atoms with Crippen molar-refractivity contribution >= 4 is 23.5 Å². The fourth-order valence-corrected chi connectivity index (χ4v) is 3.05. The van der Waals surface area contributed by atoms with Gasteiger partial charge in [0.1, 0.15) is 0 Å². The van der Waals surface area contributed by atoms with Gasteiger partial charge in [-0.15, -0.1) is 0 Å². The molecule has 0 aliphatic carbocycles. The lowest BCUT2D eigenvalue weighted by atomic mass is 9.81. The van der Waals surface area contributed by atoms with Crippen LogP contribution in [0.3, 0.4) is 0 Å². The first-order chi connectivity index (χ1) is 10.9. The molecule has 4 atom stereocenters. The number of cyclic esters (lactones) is 1. The number of ether oxygens (including phenoxy) is 4. The largest absolute Gasteiger partial charge is 0.468 e. The Kier molecular flexibility index (Phi) is 5.29. The highest BCUT2D eigenvalue weighted by Crippen LogP contribution is 2.47. The zero-order valence-corrected chi connectivity index (χ0v) is 14.1. The molecule has 0 spiro atoms. The van der Waals surface area contributed by atoms with Gasteiger partial charge in [-0.3, -0.25) is 9.59 Å². The standard InChI is InChI=1S/C16H19ClO6/c1-16(22-4)12(11(14(18)21-3)15(19)23-16)13(20-2)9-5-7-10(17)8-6-9/h5-8,11-13H,1-4H3/t11-,12+,13?,16+/m1/s1. The first kappa shape index (κ1) is 17.7. The van der Waals surface area contributed by atoms with Crippen molar-refractivity contribution in [3.05, 3.63) is 34.9 Å². The van der Waals surface area contributed by atoms with Crippen LogP contribution in [0.15, 0.2) is 24.3 Å². The fraction of sp³-hybridized carbons (Fsp3) is 0.500. The van der Waals surface area contributed by atoms with E-state index in [1.807, 2.05) is 0 Å². The third-order valence-corrected chi connectivity index (χ3v) is 4.41. The molecule has 23 heavy (non-hydrogen) atoms. The van der Waals surface area contributed by atoms with Crippen LogP contribution in [-0.2, 0) is 28.5 Å². The van der Waals surface area contributed by atoms with E-state index in [1.165, 1.54) is 21.3 Å². The molecule has 0 radical (unpaired) electrons. The Balaban J connectivity index is 2.49. The van der Waals surface area contributed by atoms with Crippen LogP contribution in [0, 0.1) is 11.8 Å². The quantitative estimate of drug-likeness (QED) is 0.604. The first-order valence-corrected chi connectivity index (χ1v) is 7.39. The van der Waals surface area contributed by atoms with Crippen LogP contribution in [0.2, 0.25) is 5.02 Å². The lowest BCUT2D eigenvalue weighted by Crippen LogP contribution is -2.42. The van der Waals surface area contributed by atoms with Gasteiger partial charge in [0.05, 0.1) is 19.1 Å². The van der Waals surface area contributed by atoms with E-state index in [-0.39, 0.29) is 0 Å². The topological polar surface area (TPSA) is 71.1 Å². The number of hydrogen-bond acceptors (Lipinski definition) is 6. The summed E-state index contributed by atoms with van der Waals surface area (Å²) in [6, 6.07) is 6.95. The predicted molar refractivity (Wildman–Crippen MR) is 81.7 cm³/mol. The van der Waals surface area contributed by atoms with E-state index < -0.39 is 35.7 Å². The second-order valence-corrected chi connectivity index (χ2v) is 5.81. The highest BCUT2D eigenvalue weighted by molar-refractivity contribution is 6.30. The summed E-state index contributed by atoms with van der Waals surface area (Å²) >= 11 is 5.91. The van der Waals surface area contributed by atoms with Gasteiger partial charge >= 0.3 is 11.9 Å². The number of carbonyl (C=O) groups excluding carboxylic acids is 2. The normalized spacial score (nSPS) is 28.3. The molecular weight excluding hydrogens is 324 g/mol. The maximum absolute atomic E-state index is 12.2. The Hall–Kier alpha value is -1.63. The van der Waals surface area contributed by atoms with Gasteiger partial charge in [0.2, 0.25) is 5.79 Å². The number of rotatable bonds is 5. The monoisotopic (exact) mass is 342 g/mol. The maximum Gasteiger partial charge on any atom is 0.323 e. The van der Waals surface area contributed by atoms with E-state index in [0.29, 0.717) is 5.02 Å². The van der Waals surface area contributed by atoms with Crippen LogP contribution in [0.25, 0.3) is 0 Å². The Morgan fingerprint density at radius 3 is 2.35 bits per heavy atom. The molecule has 1 saturated heterocycles. The average Bonchev–Trinajstić information content (AvgIpc) is 2.81. The van der Waals surface area contributed by atoms with E-state index in [4.69, 9.17) is 30.5 Å². The van der Waals surface area contributed by atoms with Crippen LogP contribution in [0.5, 0.6) is 0 Å². The van der Waals surface area contributed by atoms with Gasteiger partial charge in [-0.2, -0.15) is 0 Å². The summed E-state index contributed by atoms with van der Waals surface area (Å²) in [5.74, 6) is -4.53. The molecule has 1 aliphatic rings. The van der Waals surface area contributed by atoms with Gasteiger partial charge < -0.3 is 18.9 Å². The molecule has 2 rings (SSSR count). The highest BCUT2D eigenvalue weighted by Gasteiger charge is 2.60. The minimum atomic E-state index is -1.31. The van der Waals surface area contributed by atoms with Gasteiger partial charge in [-0.1, -0.05) is 23.7 Å². The third kappa shape index (κ3) is 3.20. The number of hydrogen-bond donors (Lipinski definition) is 0. The van der Waals surface area contributed by atoms with Crippen LogP contribution in [-0.4, -0.2) is 39.1 Å². The smallest absolute Gasteiger partial charge is 0.323 e. The van der Waals surface area contributed by atoms with Crippen molar-refractivity contribution in [3.8, 4) is 0 Å². The maximum atomic E-state index is 12.2. The van der Waals surface area contributed by atoms with Gasteiger partial charge in [-0.25, -0.2) is 0 Å². The minimum Gasteiger partial charge on any atom is -0.468 e. The zero-order valence-electron chi connectivity index (χ0n) is 13.4. The van der Waals surface area contributed by atoms with Crippen LogP contribution in [0.4, 0.5) is 0 Å². The fourth-order valence-electron chi connectivity index (χ4n) is 2.92. The van der Waals surface area contributed by atoms with Crippen LogP contribution < -0.4 is 0 Å². The van der Waals surface area contributed by atoms with Gasteiger partial charge in [0.15, 0.2) is 5.92 Å². The summed E-state index contributed by atoms with van der Waals surface area (Å²) in [7, 11) is 4.13. The molecule has 1 fully saturated rings. The molecule has 1 aromatic rings. The molecule has 1 unspecified atom stereocenters. The van der Waals surface area contributed by atoms with Crippen molar-refractivity contribution in [1.82, 2.24) is 0 Å². The van der Waals surface area contributed by atoms with Crippen molar-refractivity contribution in [3.63, 3.8) is 0 Å². The molecule has 6 nitrogen and oxygen atoms in total. The predicted octanol–water partition coefficient (Wildman–Crippen LogP) is 2.35. The van der Waals surface area contributed by atoms with Crippen molar-refractivity contribution < 1.29 is 28.5 Å². The van der Waals surface area contributed by atoms with Gasteiger partial charge in [-0.05, 0) is 17.7 Å². The molecule has 0 saturated carbocycles. The summed E-state index contributed by atoms with van der Waals surface area (Å²) in [4.78, 5) is 24.3. The second kappa shape index (κ2) is 6.86. The Morgan fingerprint density at radius 1 is 1.26 bits per heavy atom. The SMILES string of the molecule is COC(=O)[C@@H]1C(=O)O[C@](C)(OC)[C@@H]1C(OC)c1ccc(Cl)cc1. The van der Waals surface area contributed by atoms with Crippen molar-refractivity contribution in [2.24, 2.45) is 11.8 Å². The summed E-state index contributed by atoms with van der Waals surface area (Å²) in [6.45, 7) is 1.60. The van der Waals surface area contributed by atoms with E-state index in [2.05, 4.69) is 0 Å². The zero-order chi connectivity index (χ0) is 17.2. The van der Waals surface area contributed by atoms with E-state index in [0.717, 1.165) is 5.56 Å². The number of carbonyl (C=O) groups is 2. The molecule has 0 bridgehead atoms. The van der Waals surface area contributed by atoms with E-state index in [9.17, 15) is 9.59 Å². The van der Waals surface area contributed by atoms with Gasteiger partial charge in [0, 0.05) is 26.2 Å². The first-order valence-electron chi connectivity index (χ1n) is 7.02. The van der Waals surface area contributed by atoms with E-state index >= 15 is 0 Å². The van der Waals surface area contributed by atoms with E-state index in [1.54, 1.807) is 31.2 Å². The number of halogens is 1. The summed E-state index contributed by atoms with van der Waals surface area (Å²) < 4.78 is 21.0. The summed E-state index contributed by atoms with van der Waals surface area (Å²) in [5.41, 5.74) is 0.748. The molecule has 0 N–H and O–H groups in total. The molecule has 1 aliphatic heterocycles.